The van der Waals surface area contributed by atoms with Crippen LogP contribution in [-0.2, 0) is 6.54 Å². The summed E-state index contributed by atoms with van der Waals surface area (Å²) in [6.45, 7) is 7.41. The van der Waals surface area contributed by atoms with E-state index in [0.29, 0.717) is 18.4 Å². The first kappa shape index (κ1) is 14.7. The summed E-state index contributed by atoms with van der Waals surface area (Å²) in [5.74, 6) is 0.831. The number of rotatable bonds is 6. The van der Waals surface area contributed by atoms with Crippen molar-refractivity contribution in [3.63, 3.8) is 0 Å². The number of nitrogens with zero attached hydrogens (tertiary/aromatic N) is 1. The van der Waals surface area contributed by atoms with E-state index >= 15 is 0 Å². The van der Waals surface area contributed by atoms with E-state index < -0.39 is 0 Å². The first-order chi connectivity index (χ1) is 8.40. The maximum Gasteiger partial charge on any atom is 0.0920 e. The highest BCUT2D eigenvalue weighted by Gasteiger charge is 2.10. The lowest BCUT2D eigenvalue weighted by molar-refractivity contribution is 0.254. The average Bonchev–Trinajstić information content (AvgIpc) is 2.28. The van der Waals surface area contributed by atoms with Crippen molar-refractivity contribution >= 4 is 5.84 Å². The predicted octanol–water partition coefficient (Wildman–Crippen LogP) is 2.96. The third-order valence-electron chi connectivity index (χ3n) is 3.35. The van der Waals surface area contributed by atoms with Gasteiger partial charge in [0.25, 0.3) is 0 Å². The highest BCUT2D eigenvalue weighted by atomic mass is 15.1. The van der Waals surface area contributed by atoms with Crippen LogP contribution in [0.1, 0.15) is 44.2 Å². The highest BCUT2D eigenvalue weighted by Crippen LogP contribution is 2.16. The van der Waals surface area contributed by atoms with Crippen LogP contribution in [-0.4, -0.2) is 23.8 Å². The molecule has 0 aliphatic carbocycles. The molecule has 100 valence electrons. The molecule has 1 atom stereocenters. The molecule has 0 radical (unpaired) electrons. The van der Waals surface area contributed by atoms with Gasteiger partial charge in [0.1, 0.15) is 0 Å². The molecule has 0 aromatic heterocycles. The van der Waals surface area contributed by atoms with Crippen molar-refractivity contribution in [2.45, 2.75) is 45.7 Å². The lowest BCUT2D eigenvalue weighted by Gasteiger charge is -2.24. The third-order valence-corrected chi connectivity index (χ3v) is 3.35. The molecule has 1 rings (SSSR count). The van der Waals surface area contributed by atoms with E-state index in [9.17, 15) is 0 Å². The summed E-state index contributed by atoms with van der Waals surface area (Å²) in [6.07, 6.45) is 0.626. The molecule has 1 unspecified atom stereocenters. The molecule has 0 heterocycles. The molecular weight excluding hydrogens is 222 g/mol. The van der Waals surface area contributed by atoms with Crippen molar-refractivity contribution in [3.05, 3.63) is 35.4 Å². The van der Waals surface area contributed by atoms with Crippen LogP contribution in [0.3, 0.4) is 0 Å². The van der Waals surface area contributed by atoms with Gasteiger partial charge in [-0.05, 0) is 31.0 Å². The zero-order valence-corrected chi connectivity index (χ0v) is 11.9. The molecule has 3 N–H and O–H groups in total. The second-order valence-electron chi connectivity index (χ2n) is 5.39. The van der Waals surface area contributed by atoms with E-state index in [2.05, 4.69) is 57.0 Å². The molecule has 0 aliphatic rings. The number of hydrogen-bond acceptors (Lipinski definition) is 2. The zero-order valence-electron chi connectivity index (χ0n) is 11.9. The molecular formula is C15H25N3. The Kier molecular flexibility index (Phi) is 5.35. The lowest BCUT2D eigenvalue weighted by Crippen LogP contribution is -2.32. The second-order valence-corrected chi connectivity index (χ2v) is 5.39. The minimum absolute atomic E-state index is 0.254. The minimum Gasteiger partial charge on any atom is -0.388 e. The van der Waals surface area contributed by atoms with Gasteiger partial charge in [0.2, 0.25) is 0 Å². The van der Waals surface area contributed by atoms with Gasteiger partial charge in [-0.25, -0.2) is 0 Å². The Bertz CT molecular complexity index is 381. The van der Waals surface area contributed by atoms with Gasteiger partial charge in [-0.3, -0.25) is 10.3 Å². The fourth-order valence-corrected chi connectivity index (χ4v) is 1.93. The zero-order chi connectivity index (χ0) is 13.7. The molecule has 0 bridgehead atoms. The molecule has 0 amide bonds. The van der Waals surface area contributed by atoms with Crippen LogP contribution in [0.5, 0.6) is 0 Å². The molecule has 1 aromatic carbocycles. The number of benzene rings is 1. The fourth-order valence-electron chi connectivity index (χ4n) is 1.93. The Labute approximate surface area is 111 Å². The summed E-state index contributed by atoms with van der Waals surface area (Å²) >= 11 is 0. The van der Waals surface area contributed by atoms with E-state index in [1.165, 1.54) is 11.1 Å². The van der Waals surface area contributed by atoms with Crippen LogP contribution in [0.15, 0.2) is 24.3 Å². The van der Waals surface area contributed by atoms with Crippen LogP contribution in [0.4, 0.5) is 0 Å². The molecule has 1 aromatic rings. The first-order valence-corrected chi connectivity index (χ1v) is 6.52. The SMILES string of the molecule is CC(C)c1ccc(CN(C)C(C)CC(=N)N)cc1. The van der Waals surface area contributed by atoms with Crippen molar-refractivity contribution in [2.75, 3.05) is 7.05 Å². The van der Waals surface area contributed by atoms with Crippen molar-refractivity contribution in [2.24, 2.45) is 5.73 Å². The molecule has 0 saturated heterocycles. The average molecular weight is 247 g/mol. The van der Waals surface area contributed by atoms with Gasteiger partial charge in [0, 0.05) is 19.0 Å². The Morgan fingerprint density at radius 2 is 1.78 bits per heavy atom. The number of nitrogens with one attached hydrogen (secondary N) is 1. The van der Waals surface area contributed by atoms with Crippen LogP contribution < -0.4 is 5.73 Å². The van der Waals surface area contributed by atoms with E-state index in [1.54, 1.807) is 0 Å². The number of nitrogens with two attached hydrogens (primary N) is 1. The topological polar surface area (TPSA) is 53.1 Å². The van der Waals surface area contributed by atoms with Gasteiger partial charge < -0.3 is 5.73 Å². The maximum absolute atomic E-state index is 7.32. The van der Waals surface area contributed by atoms with E-state index in [0.717, 1.165) is 6.54 Å². The summed E-state index contributed by atoms with van der Waals surface area (Å²) < 4.78 is 0. The quantitative estimate of drug-likeness (QED) is 0.600. The van der Waals surface area contributed by atoms with Crippen molar-refractivity contribution in [1.29, 1.82) is 5.41 Å². The second kappa shape index (κ2) is 6.55. The lowest BCUT2D eigenvalue weighted by atomic mass is 10.0. The largest absolute Gasteiger partial charge is 0.388 e. The Hall–Kier alpha value is -1.35. The summed E-state index contributed by atoms with van der Waals surface area (Å²) in [6, 6.07) is 9.07. The minimum atomic E-state index is 0.254. The van der Waals surface area contributed by atoms with Crippen LogP contribution >= 0.6 is 0 Å². The molecule has 18 heavy (non-hydrogen) atoms. The Morgan fingerprint density at radius 1 is 1.22 bits per heavy atom. The molecule has 3 nitrogen and oxygen atoms in total. The fraction of sp³-hybridized carbons (Fsp3) is 0.533. The maximum atomic E-state index is 7.32. The van der Waals surface area contributed by atoms with Crippen LogP contribution in [0, 0.1) is 5.41 Å². The third kappa shape index (κ3) is 4.49. The van der Waals surface area contributed by atoms with Crippen LogP contribution in [0.2, 0.25) is 0 Å². The highest BCUT2D eigenvalue weighted by molar-refractivity contribution is 5.77. The number of hydrogen-bond donors (Lipinski definition) is 2. The van der Waals surface area contributed by atoms with Gasteiger partial charge in [-0.2, -0.15) is 0 Å². The smallest absolute Gasteiger partial charge is 0.0920 e. The summed E-state index contributed by atoms with van der Waals surface area (Å²) in [5.41, 5.74) is 8.11. The van der Waals surface area contributed by atoms with Gasteiger partial charge >= 0.3 is 0 Å². The van der Waals surface area contributed by atoms with E-state index in [-0.39, 0.29) is 5.84 Å². The Balaban J connectivity index is 2.58. The van der Waals surface area contributed by atoms with Crippen molar-refractivity contribution in [3.8, 4) is 0 Å². The van der Waals surface area contributed by atoms with Gasteiger partial charge in [-0.15, -0.1) is 0 Å². The molecule has 0 saturated carbocycles. The van der Waals surface area contributed by atoms with E-state index in [1.807, 2.05) is 0 Å². The summed E-state index contributed by atoms with van der Waals surface area (Å²) in [4.78, 5) is 2.23. The van der Waals surface area contributed by atoms with Gasteiger partial charge in [-0.1, -0.05) is 38.1 Å². The summed E-state index contributed by atoms with van der Waals surface area (Å²) in [5, 5.41) is 7.32. The molecule has 0 spiro atoms. The normalized spacial score (nSPS) is 13.0. The first-order valence-electron chi connectivity index (χ1n) is 6.52. The molecule has 3 heteroatoms. The molecule has 0 aliphatic heterocycles. The standard InChI is InChI=1S/C15H25N3/c1-11(2)14-7-5-13(6-8-14)10-18(4)12(3)9-15(16)17/h5-8,11-12H,9-10H2,1-4H3,(H3,16,17). The van der Waals surface area contributed by atoms with Gasteiger partial charge in [0.05, 0.1) is 5.84 Å². The van der Waals surface area contributed by atoms with Crippen molar-refractivity contribution in [1.82, 2.24) is 4.90 Å². The van der Waals surface area contributed by atoms with E-state index in [4.69, 9.17) is 11.1 Å². The van der Waals surface area contributed by atoms with Crippen LogP contribution in [0.25, 0.3) is 0 Å². The number of amidine groups is 1. The van der Waals surface area contributed by atoms with Gasteiger partial charge in [0.15, 0.2) is 0 Å². The van der Waals surface area contributed by atoms with Crippen molar-refractivity contribution < 1.29 is 0 Å². The molecule has 0 fully saturated rings. The predicted molar refractivity (Wildman–Crippen MR) is 78.0 cm³/mol. The Morgan fingerprint density at radius 3 is 2.22 bits per heavy atom. The monoisotopic (exact) mass is 247 g/mol. The summed E-state index contributed by atoms with van der Waals surface area (Å²) in [7, 11) is 2.07.